The Labute approximate surface area is 277 Å². The molecule has 1 saturated heterocycles. The number of nitrogens with zero attached hydrogens (tertiary/aromatic N) is 5. The zero-order chi connectivity index (χ0) is 32.5. The van der Waals surface area contributed by atoms with E-state index in [0.717, 1.165) is 66.3 Å². The molecule has 3 aromatic heterocycles. The summed E-state index contributed by atoms with van der Waals surface area (Å²) in [4.78, 5) is 20.9. The summed E-state index contributed by atoms with van der Waals surface area (Å²) in [6.07, 6.45) is 3.98. The largest absolute Gasteiger partial charge is 0.375 e. The molecule has 3 aliphatic heterocycles. The molecule has 1 N–H and O–H groups in total. The third-order valence-corrected chi connectivity index (χ3v) is 11.2. The van der Waals surface area contributed by atoms with Gasteiger partial charge in [-0.25, -0.2) is 4.98 Å². The first-order valence-electron chi connectivity index (χ1n) is 16.7. The van der Waals surface area contributed by atoms with Crippen molar-refractivity contribution in [2.45, 2.75) is 57.5 Å². The Hall–Kier alpha value is -4.96. The van der Waals surface area contributed by atoms with Crippen LogP contribution in [-0.4, -0.2) is 55.8 Å². The number of amides is 1. The highest BCUT2D eigenvalue weighted by Gasteiger charge is 2.54. The van der Waals surface area contributed by atoms with Gasteiger partial charge in [0.25, 0.3) is 5.91 Å². The molecule has 1 amide bonds. The molecule has 0 unspecified atom stereocenters. The SMILES string of the molecule is CO[C@@H]1[C@H](N(C)Cc2nccn2-c2cccc(C)c2)C[C@H]2O[C@]1(C)n1c3ccccc3c3c4c(c5c6ccccc6n2c5c31)C(=O)NC4. The minimum Gasteiger partial charge on any atom is -0.375 e. The zero-order valence-electron chi connectivity index (χ0n) is 27.4. The monoisotopic (exact) mass is 636 g/mol. The van der Waals surface area contributed by atoms with Crippen LogP contribution in [0, 0.1) is 6.92 Å². The Kier molecular flexibility index (Phi) is 5.73. The van der Waals surface area contributed by atoms with E-state index in [4.69, 9.17) is 14.5 Å². The molecule has 10 rings (SSSR count). The predicted octanol–water partition coefficient (Wildman–Crippen LogP) is 6.76. The van der Waals surface area contributed by atoms with Gasteiger partial charge in [0, 0.05) is 65.7 Å². The number of likely N-dealkylation sites (N-methyl/N-ethyl adjacent to an activating group) is 1. The van der Waals surface area contributed by atoms with E-state index in [0.29, 0.717) is 19.5 Å². The third-order valence-electron chi connectivity index (χ3n) is 11.2. The quantitative estimate of drug-likeness (QED) is 0.226. The third kappa shape index (κ3) is 3.50. The molecule has 3 aliphatic rings. The Morgan fingerprint density at radius 3 is 2.58 bits per heavy atom. The van der Waals surface area contributed by atoms with Crippen molar-refractivity contribution in [2.75, 3.05) is 14.2 Å². The number of aromatic nitrogens is 4. The minimum absolute atomic E-state index is 0.0116. The summed E-state index contributed by atoms with van der Waals surface area (Å²) < 4.78 is 20.9. The molecule has 9 heteroatoms. The molecule has 240 valence electrons. The normalized spacial score (nSPS) is 23.2. The van der Waals surface area contributed by atoms with Crippen LogP contribution >= 0.6 is 0 Å². The van der Waals surface area contributed by atoms with Crippen LogP contribution in [0.4, 0.5) is 0 Å². The van der Waals surface area contributed by atoms with E-state index in [9.17, 15) is 4.79 Å². The van der Waals surface area contributed by atoms with Crippen LogP contribution in [0.15, 0.2) is 85.2 Å². The molecule has 0 aliphatic carbocycles. The number of imidazole rings is 1. The van der Waals surface area contributed by atoms with Crippen LogP contribution in [0.1, 0.15) is 46.9 Å². The van der Waals surface area contributed by atoms with Crippen molar-refractivity contribution in [2.24, 2.45) is 0 Å². The van der Waals surface area contributed by atoms with Crippen LogP contribution < -0.4 is 5.32 Å². The highest BCUT2D eigenvalue weighted by atomic mass is 16.6. The number of benzene rings is 4. The van der Waals surface area contributed by atoms with E-state index in [1.165, 1.54) is 5.56 Å². The van der Waals surface area contributed by atoms with Crippen molar-refractivity contribution in [3.63, 3.8) is 0 Å². The number of ether oxygens (including phenoxy) is 2. The first kappa shape index (κ1) is 28.1. The molecule has 7 aromatic rings. The summed E-state index contributed by atoms with van der Waals surface area (Å²) in [6, 6.07) is 25.5. The average Bonchev–Trinajstić information content (AvgIpc) is 3.85. The van der Waals surface area contributed by atoms with Gasteiger partial charge in [-0.2, -0.15) is 0 Å². The van der Waals surface area contributed by atoms with E-state index in [-0.39, 0.29) is 24.3 Å². The minimum atomic E-state index is -0.874. The van der Waals surface area contributed by atoms with Gasteiger partial charge in [-0.05, 0) is 56.3 Å². The number of aryl methyl sites for hydroxylation is 1. The lowest BCUT2D eigenvalue weighted by Crippen LogP contribution is -2.60. The predicted molar refractivity (Wildman–Crippen MR) is 186 cm³/mol. The Morgan fingerprint density at radius 1 is 1.02 bits per heavy atom. The molecule has 0 spiro atoms. The van der Waals surface area contributed by atoms with Gasteiger partial charge in [0.05, 0.1) is 34.2 Å². The van der Waals surface area contributed by atoms with E-state index in [1.54, 1.807) is 7.11 Å². The molecule has 6 heterocycles. The summed E-state index contributed by atoms with van der Waals surface area (Å²) in [5, 5.41) is 7.48. The van der Waals surface area contributed by atoms with E-state index in [1.807, 2.05) is 12.4 Å². The van der Waals surface area contributed by atoms with Gasteiger partial charge in [-0.3, -0.25) is 9.69 Å². The number of fused-ring (bicyclic) bond motifs is 13. The molecule has 4 aromatic carbocycles. The summed E-state index contributed by atoms with van der Waals surface area (Å²) >= 11 is 0. The standard InChI is InChI=1S/C39H36N6O3/c1-22-10-9-11-23(18-22)43-17-16-40-30(43)21-42(3)29-19-31-44-27-14-7-5-12-24(27)33-34-26(20-41-38(34)46)32-25-13-6-8-15-28(25)45(36(32)35(33)44)39(2,48-31)37(29)47-4/h5-18,29,31,37H,19-21H2,1-4H3,(H,41,46)/t29-,31-,37-,39+/m1/s1. The van der Waals surface area contributed by atoms with Gasteiger partial charge >= 0.3 is 0 Å². The average molecular weight is 637 g/mol. The molecular weight excluding hydrogens is 600 g/mol. The molecule has 1 fully saturated rings. The fourth-order valence-corrected chi connectivity index (χ4v) is 9.25. The van der Waals surface area contributed by atoms with Gasteiger partial charge in [0.1, 0.15) is 18.2 Å². The summed E-state index contributed by atoms with van der Waals surface area (Å²) in [6.45, 7) is 5.43. The zero-order valence-corrected chi connectivity index (χ0v) is 27.4. The molecule has 0 radical (unpaired) electrons. The molecule has 0 saturated carbocycles. The lowest BCUT2D eigenvalue weighted by atomic mass is 9.91. The summed E-state index contributed by atoms with van der Waals surface area (Å²) in [5.74, 6) is 0.952. The van der Waals surface area contributed by atoms with Crippen molar-refractivity contribution in [1.82, 2.24) is 28.9 Å². The highest BCUT2D eigenvalue weighted by molar-refractivity contribution is 6.31. The maximum absolute atomic E-state index is 13.7. The van der Waals surface area contributed by atoms with Crippen molar-refractivity contribution >= 4 is 49.5 Å². The van der Waals surface area contributed by atoms with Gasteiger partial charge in [0.15, 0.2) is 5.72 Å². The fraction of sp³-hybridized carbons (Fsp3) is 0.282. The molecule has 9 nitrogen and oxygen atoms in total. The number of methoxy groups -OCH3 is 1. The second-order valence-electron chi connectivity index (χ2n) is 13.8. The van der Waals surface area contributed by atoms with Crippen molar-refractivity contribution in [3.8, 4) is 5.69 Å². The van der Waals surface area contributed by atoms with Crippen LogP contribution in [0.2, 0.25) is 0 Å². The van der Waals surface area contributed by atoms with Gasteiger partial charge in [-0.15, -0.1) is 0 Å². The fourth-order valence-electron chi connectivity index (χ4n) is 9.25. The molecule has 48 heavy (non-hydrogen) atoms. The second kappa shape index (κ2) is 9.79. The number of rotatable bonds is 5. The van der Waals surface area contributed by atoms with Crippen LogP contribution in [-0.2, 0) is 28.3 Å². The lowest BCUT2D eigenvalue weighted by Gasteiger charge is -2.50. The number of nitrogens with one attached hydrogen (secondary N) is 1. The smallest absolute Gasteiger partial charge is 0.252 e. The maximum atomic E-state index is 13.7. The van der Waals surface area contributed by atoms with E-state index < -0.39 is 5.72 Å². The lowest BCUT2D eigenvalue weighted by molar-refractivity contribution is -0.268. The Bertz CT molecular complexity index is 2490. The molecule has 2 bridgehead atoms. The van der Waals surface area contributed by atoms with Gasteiger partial charge < -0.3 is 28.5 Å². The summed E-state index contributed by atoms with van der Waals surface area (Å²) in [7, 11) is 3.98. The number of carbonyl (C=O) groups is 1. The first-order chi connectivity index (χ1) is 23.4. The van der Waals surface area contributed by atoms with Crippen molar-refractivity contribution in [1.29, 1.82) is 0 Å². The van der Waals surface area contributed by atoms with Crippen LogP contribution in [0.5, 0.6) is 0 Å². The number of hydrogen-bond acceptors (Lipinski definition) is 5. The summed E-state index contributed by atoms with van der Waals surface area (Å²) in [5.41, 5.74) is 7.58. The van der Waals surface area contributed by atoms with Crippen LogP contribution in [0.3, 0.4) is 0 Å². The topological polar surface area (TPSA) is 78.5 Å². The maximum Gasteiger partial charge on any atom is 0.252 e. The molecule has 4 atom stereocenters. The van der Waals surface area contributed by atoms with Crippen LogP contribution in [0.25, 0.3) is 49.3 Å². The number of hydrogen-bond donors (Lipinski definition) is 1. The van der Waals surface area contributed by atoms with Crippen molar-refractivity contribution in [3.05, 3.63) is 108 Å². The van der Waals surface area contributed by atoms with E-state index >= 15 is 0 Å². The Morgan fingerprint density at radius 2 is 1.79 bits per heavy atom. The van der Waals surface area contributed by atoms with Crippen molar-refractivity contribution < 1.29 is 14.3 Å². The first-order valence-corrected chi connectivity index (χ1v) is 16.7. The van der Waals surface area contributed by atoms with Gasteiger partial charge in [-0.1, -0.05) is 48.5 Å². The highest BCUT2D eigenvalue weighted by Crippen LogP contribution is 2.54. The second-order valence-corrected chi connectivity index (χ2v) is 13.8. The number of carbonyl (C=O) groups excluding carboxylic acids is 1. The molecular formula is C39H36N6O3. The number of para-hydroxylation sites is 2. The Balaban J connectivity index is 1.23. The van der Waals surface area contributed by atoms with E-state index in [2.05, 4.69) is 118 Å². The van der Waals surface area contributed by atoms with Gasteiger partial charge in [0.2, 0.25) is 0 Å².